The molecule has 1 N–H and O–H groups in total. The molecular formula is C31H34N6O2. The second-order valence-corrected chi connectivity index (χ2v) is 9.89. The quantitative estimate of drug-likeness (QED) is 0.256. The first-order valence-corrected chi connectivity index (χ1v) is 13.3. The number of aromatic amines is 1. The predicted octanol–water partition coefficient (Wildman–Crippen LogP) is 5.23. The lowest BCUT2D eigenvalue weighted by molar-refractivity contribution is 0.160. The van der Waals surface area contributed by atoms with Crippen LogP contribution in [0.5, 0.6) is 5.75 Å². The van der Waals surface area contributed by atoms with Gasteiger partial charge >= 0.3 is 0 Å². The highest BCUT2D eigenvalue weighted by Gasteiger charge is 2.26. The lowest BCUT2D eigenvalue weighted by atomic mass is 10.1. The second kappa shape index (κ2) is 12.0. The minimum absolute atomic E-state index is 0.0775. The highest BCUT2D eigenvalue weighted by molar-refractivity contribution is 5.79. The van der Waals surface area contributed by atoms with Crippen LogP contribution >= 0.6 is 0 Å². The normalized spacial score (nSPS) is 12.2. The molecule has 1 atom stereocenters. The fraction of sp³-hybridized carbons (Fsp3) is 0.290. The summed E-state index contributed by atoms with van der Waals surface area (Å²) in [7, 11) is 1.66. The summed E-state index contributed by atoms with van der Waals surface area (Å²) in [6.45, 7) is 5.91. The molecule has 2 heterocycles. The van der Waals surface area contributed by atoms with E-state index in [9.17, 15) is 4.79 Å². The van der Waals surface area contributed by atoms with Crippen LogP contribution in [0.3, 0.4) is 0 Å². The van der Waals surface area contributed by atoms with E-state index in [2.05, 4.69) is 68.7 Å². The van der Waals surface area contributed by atoms with Crippen molar-refractivity contribution in [3.8, 4) is 5.75 Å². The largest absolute Gasteiger partial charge is 0.497 e. The van der Waals surface area contributed by atoms with E-state index in [1.165, 1.54) is 5.56 Å². The Hall–Kier alpha value is -4.30. The highest BCUT2D eigenvalue weighted by atomic mass is 16.5. The monoisotopic (exact) mass is 522 g/mol. The van der Waals surface area contributed by atoms with Gasteiger partial charge in [-0.1, -0.05) is 61.5 Å². The van der Waals surface area contributed by atoms with Gasteiger partial charge in [0.2, 0.25) is 0 Å². The van der Waals surface area contributed by atoms with Crippen molar-refractivity contribution in [1.29, 1.82) is 0 Å². The Morgan fingerprint density at radius 3 is 2.51 bits per heavy atom. The molecule has 0 aliphatic rings. The summed E-state index contributed by atoms with van der Waals surface area (Å²) >= 11 is 0. The van der Waals surface area contributed by atoms with Crippen molar-refractivity contribution < 1.29 is 4.74 Å². The Morgan fingerprint density at radius 1 is 0.974 bits per heavy atom. The van der Waals surface area contributed by atoms with Crippen molar-refractivity contribution in [2.45, 2.75) is 52.4 Å². The first kappa shape index (κ1) is 26.3. The zero-order chi connectivity index (χ0) is 27.2. The summed E-state index contributed by atoms with van der Waals surface area (Å²) in [5, 5.41) is 13.9. The Kier molecular flexibility index (Phi) is 8.13. The molecule has 0 aliphatic heterocycles. The molecule has 0 fully saturated rings. The number of tetrazole rings is 1. The number of H-pyrrole nitrogens is 1. The van der Waals surface area contributed by atoms with Crippen LogP contribution in [-0.2, 0) is 26.1 Å². The van der Waals surface area contributed by atoms with Gasteiger partial charge in [0.15, 0.2) is 5.82 Å². The van der Waals surface area contributed by atoms with Crippen LogP contribution in [-0.4, -0.2) is 37.2 Å². The average Bonchev–Trinajstić information content (AvgIpc) is 3.42. The van der Waals surface area contributed by atoms with Crippen molar-refractivity contribution in [3.05, 3.63) is 117 Å². The van der Waals surface area contributed by atoms with Crippen LogP contribution in [0.25, 0.3) is 10.9 Å². The van der Waals surface area contributed by atoms with Crippen molar-refractivity contribution in [1.82, 2.24) is 30.1 Å². The third kappa shape index (κ3) is 6.23. The number of nitrogens with zero attached hydrogens (tertiary/aromatic N) is 5. The summed E-state index contributed by atoms with van der Waals surface area (Å²) in [4.78, 5) is 18.6. The second-order valence-electron chi connectivity index (χ2n) is 9.89. The van der Waals surface area contributed by atoms with E-state index in [4.69, 9.17) is 4.74 Å². The maximum absolute atomic E-state index is 13.2. The SMILES string of the molecule is CC[C@@H](c1nnnn1CCc1ccccc1)N(Cc1ccc(OC)cc1)Cc1cc2ccc(C)cc2[nH]c1=O. The van der Waals surface area contributed by atoms with E-state index in [0.29, 0.717) is 25.2 Å². The molecule has 0 saturated heterocycles. The van der Waals surface area contributed by atoms with Gasteiger partial charge in [0.05, 0.1) is 13.2 Å². The summed E-state index contributed by atoms with van der Waals surface area (Å²) in [5.41, 5.74) is 4.95. The van der Waals surface area contributed by atoms with E-state index < -0.39 is 0 Å². The van der Waals surface area contributed by atoms with Gasteiger partial charge in [-0.05, 0) is 76.5 Å². The minimum Gasteiger partial charge on any atom is -0.497 e. The van der Waals surface area contributed by atoms with Crippen LogP contribution in [0.2, 0.25) is 0 Å². The van der Waals surface area contributed by atoms with Gasteiger partial charge in [0.25, 0.3) is 5.56 Å². The molecule has 5 aromatic rings. The van der Waals surface area contributed by atoms with E-state index in [1.807, 2.05) is 54.1 Å². The molecule has 0 aliphatic carbocycles. The smallest absolute Gasteiger partial charge is 0.252 e. The molecular weight excluding hydrogens is 488 g/mol. The maximum Gasteiger partial charge on any atom is 0.252 e. The molecule has 8 nitrogen and oxygen atoms in total. The molecule has 0 spiro atoms. The number of pyridine rings is 1. The zero-order valence-electron chi connectivity index (χ0n) is 22.7. The number of fused-ring (bicyclic) bond motifs is 1. The Balaban J connectivity index is 1.47. The molecule has 0 bridgehead atoms. The van der Waals surface area contributed by atoms with Crippen LogP contribution in [0.15, 0.2) is 83.7 Å². The molecule has 8 heteroatoms. The molecule has 5 rings (SSSR count). The molecule has 2 aromatic heterocycles. The van der Waals surface area contributed by atoms with Gasteiger partial charge in [-0.2, -0.15) is 0 Å². The summed E-state index contributed by atoms with van der Waals surface area (Å²) in [5.74, 6) is 1.61. The van der Waals surface area contributed by atoms with Crippen molar-refractivity contribution in [3.63, 3.8) is 0 Å². The van der Waals surface area contributed by atoms with Gasteiger partial charge < -0.3 is 9.72 Å². The fourth-order valence-electron chi connectivity index (χ4n) is 5.03. The van der Waals surface area contributed by atoms with Gasteiger partial charge in [0, 0.05) is 30.7 Å². The number of aryl methyl sites for hydroxylation is 3. The Bertz CT molecular complexity index is 1580. The van der Waals surface area contributed by atoms with Gasteiger partial charge in [-0.15, -0.1) is 5.10 Å². The lowest BCUT2D eigenvalue weighted by Gasteiger charge is -2.30. The van der Waals surface area contributed by atoms with Crippen molar-refractivity contribution in [2.24, 2.45) is 0 Å². The van der Waals surface area contributed by atoms with E-state index in [0.717, 1.165) is 46.4 Å². The third-order valence-electron chi connectivity index (χ3n) is 7.14. The van der Waals surface area contributed by atoms with Crippen LogP contribution in [0.1, 0.15) is 47.5 Å². The van der Waals surface area contributed by atoms with Crippen LogP contribution < -0.4 is 10.3 Å². The molecule has 39 heavy (non-hydrogen) atoms. The predicted molar refractivity (Wildman–Crippen MR) is 153 cm³/mol. The van der Waals surface area contributed by atoms with E-state index >= 15 is 0 Å². The van der Waals surface area contributed by atoms with Crippen molar-refractivity contribution >= 4 is 10.9 Å². The van der Waals surface area contributed by atoms with Gasteiger partial charge in [-0.25, -0.2) is 4.68 Å². The number of methoxy groups -OCH3 is 1. The van der Waals surface area contributed by atoms with Gasteiger partial charge in [0.1, 0.15) is 5.75 Å². The number of ether oxygens (including phenoxy) is 1. The standard InChI is InChI=1S/C31H34N6O2/c1-4-29(30-33-34-35-37(30)17-16-23-8-6-5-7-9-23)36(20-24-11-14-27(39-3)15-12-24)21-26-19-25-13-10-22(2)18-28(25)32-31(26)38/h5-15,18-19,29H,4,16-17,20-21H2,1-3H3,(H,32,38)/t29-/m0/s1. The summed E-state index contributed by atoms with van der Waals surface area (Å²) < 4.78 is 7.25. The number of hydrogen-bond donors (Lipinski definition) is 1. The number of aromatic nitrogens is 5. The summed E-state index contributed by atoms with van der Waals surface area (Å²) in [6, 6.07) is 26.4. The molecule has 3 aromatic carbocycles. The Labute approximate surface area is 228 Å². The fourth-order valence-corrected chi connectivity index (χ4v) is 5.03. The average molecular weight is 523 g/mol. The van der Waals surface area contributed by atoms with E-state index in [-0.39, 0.29) is 11.6 Å². The van der Waals surface area contributed by atoms with E-state index in [1.54, 1.807) is 7.11 Å². The number of benzene rings is 3. The molecule has 0 amide bonds. The first-order valence-electron chi connectivity index (χ1n) is 13.3. The van der Waals surface area contributed by atoms with Crippen LogP contribution in [0, 0.1) is 6.92 Å². The minimum atomic E-state index is -0.0917. The maximum atomic E-state index is 13.2. The zero-order valence-corrected chi connectivity index (χ0v) is 22.7. The topological polar surface area (TPSA) is 88.9 Å². The van der Waals surface area contributed by atoms with Gasteiger partial charge in [-0.3, -0.25) is 9.69 Å². The third-order valence-corrected chi connectivity index (χ3v) is 7.14. The molecule has 0 unspecified atom stereocenters. The van der Waals surface area contributed by atoms with Crippen molar-refractivity contribution in [2.75, 3.05) is 7.11 Å². The highest BCUT2D eigenvalue weighted by Crippen LogP contribution is 2.27. The molecule has 0 radical (unpaired) electrons. The Morgan fingerprint density at radius 2 is 1.77 bits per heavy atom. The number of nitrogens with one attached hydrogen (secondary N) is 1. The number of hydrogen-bond acceptors (Lipinski definition) is 6. The first-order chi connectivity index (χ1) is 19.0. The van der Waals surface area contributed by atoms with Crippen LogP contribution in [0.4, 0.5) is 0 Å². The molecule has 0 saturated carbocycles. The lowest BCUT2D eigenvalue weighted by Crippen LogP contribution is -2.32. The molecule has 200 valence electrons. The summed E-state index contributed by atoms with van der Waals surface area (Å²) in [6.07, 6.45) is 1.62. The number of rotatable bonds is 11.